The van der Waals surface area contributed by atoms with E-state index in [1.807, 2.05) is 0 Å². The van der Waals surface area contributed by atoms with Crippen molar-refractivity contribution in [2.45, 2.75) is 26.4 Å². The molecule has 0 atom stereocenters. The zero-order valence-electron chi connectivity index (χ0n) is 9.47. The van der Waals surface area contributed by atoms with E-state index >= 15 is 0 Å². The first-order valence-electron chi connectivity index (χ1n) is 5.28. The van der Waals surface area contributed by atoms with Crippen LogP contribution in [0.3, 0.4) is 0 Å². The maximum absolute atomic E-state index is 4.11. The van der Waals surface area contributed by atoms with Gasteiger partial charge in [0.2, 0.25) is 0 Å². The van der Waals surface area contributed by atoms with Crippen molar-refractivity contribution in [3.63, 3.8) is 0 Å². The topological polar surface area (TPSA) is 55.6 Å². The molecule has 0 saturated carbocycles. The van der Waals surface area contributed by atoms with Gasteiger partial charge in [0.1, 0.15) is 0 Å². The van der Waals surface area contributed by atoms with Gasteiger partial charge >= 0.3 is 0 Å². The molecule has 16 heavy (non-hydrogen) atoms. The van der Waals surface area contributed by atoms with Crippen molar-refractivity contribution >= 4 is 11.3 Å². The summed E-state index contributed by atoms with van der Waals surface area (Å²) in [5.41, 5.74) is 1.42. The summed E-state index contributed by atoms with van der Waals surface area (Å²) in [6, 6.07) is 2.18. The highest BCUT2D eigenvalue weighted by atomic mass is 32.1. The number of hydrogen-bond acceptors (Lipinski definition) is 5. The predicted molar refractivity (Wildman–Crippen MR) is 63.0 cm³/mol. The smallest absolute Gasteiger partial charge is 0.188 e. The maximum Gasteiger partial charge on any atom is 0.188 e. The third-order valence-electron chi connectivity index (χ3n) is 2.34. The molecule has 86 valence electrons. The molecule has 0 radical (unpaired) electrons. The number of nitrogens with one attached hydrogen (secondary N) is 1. The van der Waals surface area contributed by atoms with Gasteiger partial charge in [0.05, 0.1) is 13.6 Å². The van der Waals surface area contributed by atoms with Crippen LogP contribution in [-0.2, 0) is 26.6 Å². The lowest BCUT2D eigenvalue weighted by Gasteiger charge is -2.01. The summed E-state index contributed by atoms with van der Waals surface area (Å²) >= 11 is 1.79. The fourth-order valence-electron chi connectivity index (χ4n) is 1.52. The van der Waals surface area contributed by atoms with Crippen LogP contribution in [0.4, 0.5) is 0 Å². The minimum absolute atomic E-state index is 0.662. The van der Waals surface area contributed by atoms with Crippen LogP contribution in [-0.4, -0.2) is 20.2 Å². The van der Waals surface area contributed by atoms with Gasteiger partial charge in [0, 0.05) is 11.4 Å². The van der Waals surface area contributed by atoms with Gasteiger partial charge < -0.3 is 5.32 Å². The Bertz CT molecular complexity index is 448. The summed E-state index contributed by atoms with van der Waals surface area (Å²) in [7, 11) is 1.77. The summed E-state index contributed by atoms with van der Waals surface area (Å²) in [6.45, 7) is 3.71. The molecule has 0 spiro atoms. The highest BCUT2D eigenvalue weighted by molar-refractivity contribution is 7.10. The maximum atomic E-state index is 4.11. The van der Waals surface area contributed by atoms with Gasteiger partial charge in [-0.2, -0.15) is 4.80 Å². The van der Waals surface area contributed by atoms with E-state index < -0.39 is 0 Å². The zero-order chi connectivity index (χ0) is 11.4. The lowest BCUT2D eigenvalue weighted by molar-refractivity contribution is 0.620. The van der Waals surface area contributed by atoms with Crippen LogP contribution in [0.2, 0.25) is 0 Å². The Balaban J connectivity index is 1.84. The van der Waals surface area contributed by atoms with Gasteiger partial charge in [-0.3, -0.25) is 0 Å². The number of aromatic nitrogens is 4. The van der Waals surface area contributed by atoms with E-state index in [1.54, 1.807) is 18.4 Å². The second-order valence-electron chi connectivity index (χ2n) is 3.52. The Hall–Kier alpha value is -1.27. The number of rotatable bonds is 5. The SMILES string of the molecule is CCc1ccsc1CNCc1nnn(C)n1. The van der Waals surface area contributed by atoms with Gasteiger partial charge in [-0.15, -0.1) is 21.5 Å². The molecule has 5 nitrogen and oxygen atoms in total. The summed E-state index contributed by atoms with van der Waals surface area (Å²) < 4.78 is 0. The Morgan fingerprint density at radius 2 is 2.31 bits per heavy atom. The average Bonchev–Trinajstić information content (AvgIpc) is 2.87. The third kappa shape index (κ3) is 2.65. The van der Waals surface area contributed by atoms with Crippen molar-refractivity contribution in [1.82, 2.24) is 25.5 Å². The minimum Gasteiger partial charge on any atom is -0.305 e. The first-order chi connectivity index (χ1) is 7.79. The molecular weight excluding hydrogens is 222 g/mol. The molecule has 0 aromatic carbocycles. The number of nitrogens with zero attached hydrogens (tertiary/aromatic N) is 4. The van der Waals surface area contributed by atoms with Crippen LogP contribution in [0.25, 0.3) is 0 Å². The fourth-order valence-corrected chi connectivity index (χ4v) is 2.46. The Morgan fingerprint density at radius 3 is 3.00 bits per heavy atom. The molecule has 0 unspecified atom stereocenters. The van der Waals surface area contributed by atoms with Gasteiger partial charge in [-0.25, -0.2) is 0 Å². The summed E-state index contributed by atoms with van der Waals surface area (Å²) in [5.74, 6) is 0.733. The second-order valence-corrected chi connectivity index (χ2v) is 4.52. The molecule has 0 amide bonds. The normalized spacial score (nSPS) is 10.9. The number of thiophene rings is 1. The van der Waals surface area contributed by atoms with Gasteiger partial charge in [0.15, 0.2) is 5.82 Å². The van der Waals surface area contributed by atoms with E-state index in [4.69, 9.17) is 0 Å². The molecule has 2 aromatic rings. The van der Waals surface area contributed by atoms with Crippen molar-refractivity contribution in [3.8, 4) is 0 Å². The van der Waals surface area contributed by atoms with Crippen LogP contribution >= 0.6 is 11.3 Å². The highest BCUT2D eigenvalue weighted by Crippen LogP contribution is 2.16. The van der Waals surface area contributed by atoms with Gasteiger partial charge in [0.25, 0.3) is 0 Å². The van der Waals surface area contributed by atoms with Crippen molar-refractivity contribution in [1.29, 1.82) is 0 Å². The number of aryl methyl sites for hydroxylation is 2. The Labute approximate surface area is 98.5 Å². The summed E-state index contributed by atoms with van der Waals surface area (Å²) in [5, 5.41) is 17.3. The molecule has 2 rings (SSSR count). The van der Waals surface area contributed by atoms with Crippen molar-refractivity contribution in [2.24, 2.45) is 7.05 Å². The zero-order valence-corrected chi connectivity index (χ0v) is 10.3. The Morgan fingerprint density at radius 1 is 1.44 bits per heavy atom. The van der Waals surface area contributed by atoms with Crippen LogP contribution in [0.15, 0.2) is 11.4 Å². The van der Waals surface area contributed by atoms with Crippen LogP contribution in [0.5, 0.6) is 0 Å². The monoisotopic (exact) mass is 237 g/mol. The minimum atomic E-state index is 0.662. The van der Waals surface area contributed by atoms with Crippen LogP contribution in [0, 0.1) is 0 Å². The molecule has 0 aliphatic heterocycles. The highest BCUT2D eigenvalue weighted by Gasteiger charge is 2.03. The largest absolute Gasteiger partial charge is 0.305 e. The molecule has 0 fully saturated rings. The molecular formula is C10H15N5S. The van der Waals surface area contributed by atoms with E-state index in [2.05, 4.69) is 39.1 Å². The average molecular weight is 237 g/mol. The van der Waals surface area contributed by atoms with Crippen LogP contribution in [0.1, 0.15) is 23.2 Å². The summed E-state index contributed by atoms with van der Waals surface area (Å²) in [6.07, 6.45) is 1.09. The van der Waals surface area contributed by atoms with E-state index in [-0.39, 0.29) is 0 Å². The lowest BCUT2D eigenvalue weighted by Crippen LogP contribution is -2.14. The number of tetrazole rings is 1. The first kappa shape index (κ1) is 11.2. The first-order valence-corrected chi connectivity index (χ1v) is 6.16. The molecule has 1 N–H and O–H groups in total. The number of hydrogen-bond donors (Lipinski definition) is 1. The molecule has 2 aromatic heterocycles. The molecule has 6 heteroatoms. The summed E-state index contributed by atoms with van der Waals surface area (Å²) in [4.78, 5) is 2.87. The quantitative estimate of drug-likeness (QED) is 0.847. The van der Waals surface area contributed by atoms with Gasteiger partial charge in [-0.1, -0.05) is 6.92 Å². The van der Waals surface area contributed by atoms with E-state index in [0.29, 0.717) is 6.54 Å². The molecule has 0 saturated heterocycles. The molecule has 0 bridgehead atoms. The lowest BCUT2D eigenvalue weighted by atomic mass is 10.2. The van der Waals surface area contributed by atoms with E-state index in [9.17, 15) is 0 Å². The van der Waals surface area contributed by atoms with Gasteiger partial charge in [-0.05, 0) is 28.6 Å². The van der Waals surface area contributed by atoms with Crippen molar-refractivity contribution in [3.05, 3.63) is 27.7 Å². The van der Waals surface area contributed by atoms with Crippen LogP contribution < -0.4 is 5.32 Å². The molecule has 2 heterocycles. The van der Waals surface area contributed by atoms with Crippen molar-refractivity contribution < 1.29 is 0 Å². The molecule has 0 aliphatic rings. The third-order valence-corrected chi connectivity index (χ3v) is 3.30. The molecule has 0 aliphatic carbocycles. The fraction of sp³-hybridized carbons (Fsp3) is 0.500. The Kier molecular flexibility index (Phi) is 3.63. The predicted octanol–water partition coefficient (Wildman–Crippen LogP) is 1.12. The van der Waals surface area contributed by atoms with E-state index in [0.717, 1.165) is 18.8 Å². The van der Waals surface area contributed by atoms with Crippen molar-refractivity contribution in [2.75, 3.05) is 0 Å². The second kappa shape index (κ2) is 5.18. The standard InChI is InChI=1S/C10H15N5S/c1-3-8-4-5-16-9(8)6-11-7-10-12-14-15(2)13-10/h4-5,11H,3,6-7H2,1-2H3. The van der Waals surface area contributed by atoms with E-state index in [1.165, 1.54) is 15.2 Å².